The summed E-state index contributed by atoms with van der Waals surface area (Å²) in [5.41, 5.74) is 2.36. The highest BCUT2D eigenvalue weighted by molar-refractivity contribution is 5.94. The Hall–Kier alpha value is -3.42. The first kappa shape index (κ1) is 19.5. The summed E-state index contributed by atoms with van der Waals surface area (Å²) in [4.78, 5) is 28.7. The maximum atomic E-state index is 12.3. The topological polar surface area (TPSA) is 103 Å². The fourth-order valence-electron chi connectivity index (χ4n) is 4.61. The number of rotatable bonds is 6. The number of carboxylic acids is 1. The van der Waals surface area contributed by atoms with Gasteiger partial charge in [-0.1, -0.05) is 19.9 Å². The highest BCUT2D eigenvalue weighted by Crippen LogP contribution is 2.56. The van der Waals surface area contributed by atoms with Crippen molar-refractivity contribution in [2.45, 2.75) is 38.7 Å². The second kappa shape index (κ2) is 6.80. The van der Waals surface area contributed by atoms with Crippen LogP contribution < -0.4 is 4.74 Å². The zero-order valence-electron chi connectivity index (χ0n) is 17.6. The number of methoxy groups -OCH3 is 1. The number of aromatic nitrogens is 3. The van der Waals surface area contributed by atoms with Crippen LogP contribution in [0.25, 0.3) is 16.9 Å². The van der Waals surface area contributed by atoms with Gasteiger partial charge in [-0.3, -0.25) is 4.79 Å². The van der Waals surface area contributed by atoms with Crippen molar-refractivity contribution >= 4 is 17.6 Å². The Balaban J connectivity index is 1.65. The number of nitrogens with zero attached hydrogens (tertiary/aromatic N) is 3. The molecule has 1 N–H and O–H groups in total. The Kier molecular flexibility index (Phi) is 4.28. The van der Waals surface area contributed by atoms with Gasteiger partial charge in [-0.15, -0.1) is 5.10 Å². The Labute approximate surface area is 178 Å². The highest BCUT2D eigenvalue weighted by Gasteiger charge is 2.64. The maximum Gasteiger partial charge on any atom is 0.338 e. The van der Waals surface area contributed by atoms with E-state index in [-0.39, 0.29) is 18.5 Å². The van der Waals surface area contributed by atoms with E-state index in [0.717, 1.165) is 23.2 Å². The number of benzene rings is 1. The van der Waals surface area contributed by atoms with Gasteiger partial charge < -0.3 is 14.6 Å². The van der Waals surface area contributed by atoms with Gasteiger partial charge in [0, 0.05) is 11.1 Å². The van der Waals surface area contributed by atoms with Gasteiger partial charge in [-0.05, 0) is 48.9 Å². The largest absolute Gasteiger partial charge is 0.493 e. The summed E-state index contributed by atoms with van der Waals surface area (Å²) < 4.78 is 12.2. The van der Waals surface area contributed by atoms with Crippen molar-refractivity contribution in [2.75, 3.05) is 7.11 Å². The van der Waals surface area contributed by atoms with Crippen molar-refractivity contribution in [2.24, 2.45) is 11.8 Å². The minimum Gasteiger partial charge on any atom is -0.493 e. The van der Waals surface area contributed by atoms with Crippen LogP contribution in [0.3, 0.4) is 0 Å². The zero-order valence-corrected chi connectivity index (χ0v) is 17.6. The van der Waals surface area contributed by atoms with Gasteiger partial charge in [-0.2, -0.15) is 0 Å². The molecule has 2 atom stereocenters. The van der Waals surface area contributed by atoms with Gasteiger partial charge >= 0.3 is 11.9 Å². The quantitative estimate of drug-likeness (QED) is 0.608. The van der Waals surface area contributed by atoms with Crippen LogP contribution in [-0.2, 0) is 21.6 Å². The summed E-state index contributed by atoms with van der Waals surface area (Å²) in [7, 11) is 1.55. The van der Waals surface area contributed by atoms with E-state index in [9.17, 15) is 14.7 Å². The number of carboxylic acid groups (broad SMARTS) is 1. The smallest absolute Gasteiger partial charge is 0.338 e. The van der Waals surface area contributed by atoms with Crippen molar-refractivity contribution in [3.8, 4) is 17.0 Å². The van der Waals surface area contributed by atoms with Crippen LogP contribution in [0.1, 0.15) is 48.4 Å². The normalized spacial score (nSPS) is 21.9. The monoisotopic (exact) mass is 421 g/mol. The molecular formula is C23H23N3O5. The number of fused-ring (bicyclic) bond motifs is 2. The molecular weight excluding hydrogens is 398 g/mol. The van der Waals surface area contributed by atoms with Crippen LogP contribution in [0.5, 0.6) is 5.75 Å². The van der Waals surface area contributed by atoms with Crippen molar-refractivity contribution in [3.63, 3.8) is 0 Å². The van der Waals surface area contributed by atoms with E-state index in [1.54, 1.807) is 23.8 Å². The number of cyclic esters (lactones) is 1. The Morgan fingerprint density at radius 2 is 2.16 bits per heavy atom. The zero-order chi connectivity index (χ0) is 21.9. The van der Waals surface area contributed by atoms with Gasteiger partial charge in [0.1, 0.15) is 12.0 Å². The molecule has 0 radical (unpaired) electrons. The van der Waals surface area contributed by atoms with Gasteiger partial charge in [0.15, 0.2) is 17.2 Å². The molecule has 2 aromatic heterocycles. The maximum absolute atomic E-state index is 12.3. The summed E-state index contributed by atoms with van der Waals surface area (Å²) in [6.07, 6.45) is 1.35. The second-order valence-electron chi connectivity index (χ2n) is 8.71. The van der Waals surface area contributed by atoms with Crippen molar-refractivity contribution in [1.29, 1.82) is 0 Å². The van der Waals surface area contributed by atoms with Crippen molar-refractivity contribution < 1.29 is 24.2 Å². The lowest BCUT2D eigenvalue weighted by atomic mass is 9.97. The molecule has 8 nitrogen and oxygen atoms in total. The molecule has 3 aromatic rings. The Morgan fingerprint density at radius 1 is 1.35 bits per heavy atom. The summed E-state index contributed by atoms with van der Waals surface area (Å²) >= 11 is 0. The van der Waals surface area contributed by atoms with Gasteiger partial charge in [0.25, 0.3) is 0 Å². The molecule has 1 fully saturated rings. The minimum atomic E-state index is -1.06. The van der Waals surface area contributed by atoms with Crippen LogP contribution >= 0.6 is 0 Å². The number of hydrogen-bond acceptors (Lipinski definition) is 6. The third-order valence-corrected chi connectivity index (χ3v) is 6.29. The third kappa shape index (κ3) is 2.89. The lowest BCUT2D eigenvalue weighted by Gasteiger charge is -2.10. The van der Waals surface area contributed by atoms with Crippen molar-refractivity contribution in [1.82, 2.24) is 14.6 Å². The van der Waals surface area contributed by atoms with E-state index >= 15 is 0 Å². The Morgan fingerprint density at radius 3 is 2.87 bits per heavy atom. The van der Waals surface area contributed by atoms with E-state index in [1.807, 2.05) is 18.2 Å². The molecule has 5 rings (SSSR count). The predicted octanol–water partition coefficient (Wildman–Crippen LogP) is 3.46. The molecule has 0 saturated heterocycles. The molecule has 1 aromatic carbocycles. The lowest BCUT2D eigenvalue weighted by molar-refractivity contribution is -0.140. The first-order valence-corrected chi connectivity index (χ1v) is 10.3. The first-order valence-electron chi connectivity index (χ1n) is 10.3. The minimum absolute atomic E-state index is 0.0139. The number of carbonyl (C=O) groups excluding carboxylic acids is 1. The van der Waals surface area contributed by atoms with E-state index < -0.39 is 11.4 Å². The van der Waals surface area contributed by atoms with Crippen molar-refractivity contribution in [3.05, 3.63) is 47.3 Å². The first-order chi connectivity index (χ1) is 14.8. The predicted molar refractivity (Wildman–Crippen MR) is 111 cm³/mol. The third-order valence-electron chi connectivity index (χ3n) is 6.29. The fourth-order valence-corrected chi connectivity index (χ4v) is 4.61. The fraction of sp³-hybridized carbons (Fsp3) is 0.391. The van der Waals surface area contributed by atoms with E-state index in [4.69, 9.17) is 9.47 Å². The molecule has 0 bridgehead atoms. The molecule has 8 heteroatoms. The van der Waals surface area contributed by atoms with E-state index in [1.165, 1.54) is 0 Å². The summed E-state index contributed by atoms with van der Waals surface area (Å²) in [6, 6.07) is 9.12. The van der Waals surface area contributed by atoms with Gasteiger partial charge in [0.2, 0.25) is 0 Å². The molecule has 3 heterocycles. The van der Waals surface area contributed by atoms with Crippen LogP contribution in [0.2, 0.25) is 0 Å². The van der Waals surface area contributed by atoms with Crippen LogP contribution in [-0.4, -0.2) is 38.8 Å². The number of ether oxygens (including phenoxy) is 2. The average Bonchev–Trinajstić information content (AvgIpc) is 3.09. The molecule has 1 saturated carbocycles. The SMILES string of the molecule is COc1ccc(-c2ccc3c(c2)COC3=O)n2nc(C3(C(=O)O)CC3CC(C)C)nc12. The van der Waals surface area contributed by atoms with Gasteiger partial charge in [0.05, 0.1) is 18.4 Å². The summed E-state index contributed by atoms with van der Waals surface area (Å²) in [5.74, 6) is 0.0325. The lowest BCUT2D eigenvalue weighted by Crippen LogP contribution is -2.24. The molecule has 2 unspecified atom stereocenters. The standard InChI is InChI=1S/C23H23N3O5/c1-12(2)8-15-10-23(15,22(28)29)21-24-19-18(30-3)7-6-17(26(19)25-21)13-4-5-16-14(9-13)11-31-20(16)27/h4-7,9,12,15H,8,10-11H2,1-3H3,(H,28,29). The highest BCUT2D eigenvalue weighted by atomic mass is 16.5. The number of carbonyl (C=O) groups is 2. The average molecular weight is 421 g/mol. The molecule has 0 amide bonds. The Bertz CT molecular complexity index is 1230. The van der Waals surface area contributed by atoms with Crippen LogP contribution in [0, 0.1) is 11.8 Å². The van der Waals surface area contributed by atoms with Gasteiger partial charge in [-0.25, -0.2) is 14.3 Å². The number of esters is 1. The molecule has 160 valence electrons. The second-order valence-corrected chi connectivity index (χ2v) is 8.71. The number of hydrogen-bond donors (Lipinski definition) is 1. The summed E-state index contributed by atoms with van der Waals surface area (Å²) in [6.45, 7) is 4.42. The van der Waals surface area contributed by atoms with E-state index in [0.29, 0.717) is 35.1 Å². The molecule has 0 spiro atoms. The molecule has 2 aliphatic rings. The summed E-state index contributed by atoms with van der Waals surface area (Å²) in [5, 5.41) is 14.7. The van der Waals surface area contributed by atoms with E-state index in [2.05, 4.69) is 23.9 Å². The molecule has 1 aliphatic carbocycles. The number of aliphatic carboxylic acids is 1. The molecule has 31 heavy (non-hydrogen) atoms. The van der Waals surface area contributed by atoms with Crippen LogP contribution in [0.4, 0.5) is 0 Å². The molecule has 1 aliphatic heterocycles. The van der Waals surface area contributed by atoms with Crippen LogP contribution in [0.15, 0.2) is 30.3 Å². The number of pyridine rings is 1.